The van der Waals surface area contributed by atoms with Crippen molar-refractivity contribution in [2.24, 2.45) is 5.92 Å². The van der Waals surface area contributed by atoms with Crippen molar-refractivity contribution in [2.45, 2.75) is 39.5 Å². The van der Waals surface area contributed by atoms with Gasteiger partial charge in [-0.15, -0.1) is 0 Å². The lowest BCUT2D eigenvalue weighted by atomic mass is 9.94. The first-order chi connectivity index (χ1) is 13.4. The molecule has 0 radical (unpaired) electrons. The van der Waals surface area contributed by atoms with Crippen molar-refractivity contribution in [3.63, 3.8) is 0 Å². The Kier molecular flexibility index (Phi) is 6.40. The normalized spacial score (nSPS) is 16.9. The molecule has 0 aliphatic carbocycles. The van der Waals surface area contributed by atoms with E-state index in [1.54, 1.807) is 29.2 Å². The van der Waals surface area contributed by atoms with Gasteiger partial charge in [0, 0.05) is 29.4 Å². The van der Waals surface area contributed by atoms with Crippen molar-refractivity contribution in [2.75, 3.05) is 18.4 Å². The number of piperidine rings is 1. The smallest absolute Gasteiger partial charge is 0.253 e. The Labute approximate surface area is 171 Å². The van der Waals surface area contributed by atoms with Crippen molar-refractivity contribution in [1.29, 1.82) is 0 Å². The van der Waals surface area contributed by atoms with E-state index in [9.17, 15) is 9.59 Å². The molecule has 0 aromatic heterocycles. The molecular weight excluding hydrogens is 372 g/mol. The Hall–Kier alpha value is -2.33. The molecule has 148 valence electrons. The van der Waals surface area contributed by atoms with Crippen molar-refractivity contribution >= 4 is 29.1 Å². The van der Waals surface area contributed by atoms with E-state index in [-0.39, 0.29) is 17.7 Å². The third kappa shape index (κ3) is 4.56. The van der Waals surface area contributed by atoms with Crippen LogP contribution in [0, 0.1) is 12.8 Å². The molecule has 1 atom stereocenters. The Balaban J connectivity index is 1.72. The van der Waals surface area contributed by atoms with E-state index in [1.807, 2.05) is 19.1 Å². The van der Waals surface area contributed by atoms with Gasteiger partial charge in [0.05, 0.1) is 5.92 Å². The predicted molar refractivity (Wildman–Crippen MR) is 114 cm³/mol. The molecule has 1 unspecified atom stereocenters. The number of anilines is 1. The number of nitrogens with zero attached hydrogens (tertiary/aromatic N) is 1. The van der Waals surface area contributed by atoms with Crippen molar-refractivity contribution in [3.05, 3.63) is 64.2 Å². The molecule has 0 bridgehead atoms. The first kappa shape index (κ1) is 20.4. The number of para-hydroxylation sites is 1. The molecule has 0 spiro atoms. The van der Waals surface area contributed by atoms with E-state index < -0.39 is 0 Å². The largest absolute Gasteiger partial charge is 0.338 e. The highest BCUT2D eigenvalue weighted by Gasteiger charge is 2.29. The Morgan fingerprint density at radius 3 is 2.54 bits per heavy atom. The van der Waals surface area contributed by atoms with Crippen LogP contribution in [0.4, 0.5) is 5.69 Å². The summed E-state index contributed by atoms with van der Waals surface area (Å²) >= 11 is 5.91. The molecule has 1 N–H and O–H groups in total. The quantitative estimate of drug-likeness (QED) is 0.763. The number of carbonyl (C=O) groups excluding carboxylic acids is 2. The molecular formula is C23H27ClN2O2. The monoisotopic (exact) mass is 398 g/mol. The van der Waals surface area contributed by atoms with E-state index >= 15 is 0 Å². The summed E-state index contributed by atoms with van der Waals surface area (Å²) in [5.41, 5.74) is 3.71. The first-order valence-corrected chi connectivity index (χ1v) is 10.2. The van der Waals surface area contributed by atoms with Gasteiger partial charge in [-0.3, -0.25) is 9.59 Å². The summed E-state index contributed by atoms with van der Waals surface area (Å²) in [5, 5.41) is 3.75. The number of likely N-dealkylation sites (tertiary alicyclic amines) is 1. The van der Waals surface area contributed by atoms with Crippen LogP contribution in [0.3, 0.4) is 0 Å². The lowest BCUT2D eigenvalue weighted by Gasteiger charge is -2.32. The average molecular weight is 399 g/mol. The van der Waals surface area contributed by atoms with Crippen molar-refractivity contribution in [3.8, 4) is 0 Å². The first-order valence-electron chi connectivity index (χ1n) is 9.82. The molecule has 4 nitrogen and oxygen atoms in total. The van der Waals surface area contributed by atoms with Crippen LogP contribution in [0.15, 0.2) is 42.5 Å². The van der Waals surface area contributed by atoms with E-state index in [0.717, 1.165) is 29.7 Å². The number of amides is 2. The fourth-order valence-electron chi connectivity index (χ4n) is 3.72. The van der Waals surface area contributed by atoms with E-state index in [2.05, 4.69) is 25.2 Å². The molecule has 3 rings (SSSR count). The Bertz CT molecular complexity index is 861. The van der Waals surface area contributed by atoms with Gasteiger partial charge in [0.25, 0.3) is 5.91 Å². The number of rotatable bonds is 4. The number of hydrogen-bond donors (Lipinski definition) is 1. The number of nitrogens with one attached hydrogen (secondary N) is 1. The van der Waals surface area contributed by atoms with Crippen LogP contribution in [0.5, 0.6) is 0 Å². The fraction of sp³-hybridized carbons (Fsp3) is 0.391. The van der Waals surface area contributed by atoms with Gasteiger partial charge in [-0.25, -0.2) is 0 Å². The van der Waals surface area contributed by atoms with Gasteiger partial charge in [0.1, 0.15) is 0 Å². The number of carbonyl (C=O) groups is 2. The molecule has 5 heteroatoms. The number of benzene rings is 2. The van der Waals surface area contributed by atoms with Crippen LogP contribution in [-0.2, 0) is 4.79 Å². The van der Waals surface area contributed by atoms with Gasteiger partial charge in [0.2, 0.25) is 5.91 Å². The van der Waals surface area contributed by atoms with Crippen molar-refractivity contribution in [1.82, 2.24) is 4.90 Å². The van der Waals surface area contributed by atoms with Gasteiger partial charge in [0.15, 0.2) is 0 Å². The van der Waals surface area contributed by atoms with Gasteiger partial charge in [-0.1, -0.05) is 43.6 Å². The van der Waals surface area contributed by atoms with E-state index in [0.29, 0.717) is 29.6 Å². The zero-order valence-corrected chi connectivity index (χ0v) is 17.4. The van der Waals surface area contributed by atoms with Crippen LogP contribution in [0.1, 0.15) is 54.1 Å². The predicted octanol–water partition coefficient (Wildman–Crippen LogP) is 5.26. The minimum absolute atomic E-state index is 0.00944. The minimum Gasteiger partial charge on any atom is -0.338 e. The summed E-state index contributed by atoms with van der Waals surface area (Å²) < 4.78 is 0. The maximum atomic E-state index is 13.0. The zero-order valence-electron chi connectivity index (χ0n) is 16.7. The summed E-state index contributed by atoms with van der Waals surface area (Å²) in [4.78, 5) is 27.5. The van der Waals surface area contributed by atoms with Crippen LogP contribution < -0.4 is 5.32 Å². The summed E-state index contributed by atoms with van der Waals surface area (Å²) in [5.74, 6) is 0.0619. The molecule has 0 saturated carbocycles. The molecule has 1 saturated heterocycles. The fourth-order valence-corrected chi connectivity index (χ4v) is 3.84. The standard InChI is InChI=1S/C23H27ClN2O2/c1-15(2)20-8-4-6-16(3)21(20)25-22(27)18-7-5-13-26(14-18)23(28)17-9-11-19(24)12-10-17/h4,6,8-12,15,18H,5,7,13-14H2,1-3H3,(H,25,27). The number of halogens is 1. The van der Waals surface area contributed by atoms with E-state index in [4.69, 9.17) is 11.6 Å². The second kappa shape index (κ2) is 8.78. The Morgan fingerprint density at radius 1 is 1.14 bits per heavy atom. The number of hydrogen-bond acceptors (Lipinski definition) is 2. The van der Waals surface area contributed by atoms with Crippen LogP contribution >= 0.6 is 11.6 Å². The lowest BCUT2D eigenvalue weighted by Crippen LogP contribution is -2.43. The highest BCUT2D eigenvalue weighted by Crippen LogP contribution is 2.29. The molecule has 28 heavy (non-hydrogen) atoms. The average Bonchev–Trinajstić information content (AvgIpc) is 2.69. The highest BCUT2D eigenvalue weighted by atomic mass is 35.5. The summed E-state index contributed by atoms with van der Waals surface area (Å²) in [6.07, 6.45) is 1.61. The molecule has 1 aliphatic heterocycles. The molecule has 1 aliphatic rings. The Morgan fingerprint density at radius 2 is 1.86 bits per heavy atom. The third-order valence-electron chi connectivity index (χ3n) is 5.35. The van der Waals surface area contributed by atoms with Gasteiger partial charge >= 0.3 is 0 Å². The summed E-state index contributed by atoms with van der Waals surface area (Å²) in [6.45, 7) is 7.37. The second-order valence-corrected chi connectivity index (χ2v) is 8.22. The maximum absolute atomic E-state index is 13.0. The second-order valence-electron chi connectivity index (χ2n) is 7.78. The topological polar surface area (TPSA) is 49.4 Å². The maximum Gasteiger partial charge on any atom is 0.253 e. The lowest BCUT2D eigenvalue weighted by molar-refractivity contribution is -0.121. The third-order valence-corrected chi connectivity index (χ3v) is 5.60. The SMILES string of the molecule is Cc1cccc(C(C)C)c1NC(=O)C1CCCN(C(=O)c2ccc(Cl)cc2)C1. The number of aryl methyl sites for hydroxylation is 1. The summed E-state index contributed by atoms with van der Waals surface area (Å²) in [7, 11) is 0. The van der Waals surface area contributed by atoms with Crippen LogP contribution in [0.25, 0.3) is 0 Å². The van der Waals surface area contributed by atoms with Gasteiger partial charge < -0.3 is 10.2 Å². The summed E-state index contributed by atoms with van der Waals surface area (Å²) in [6, 6.07) is 13.0. The molecule has 2 amide bonds. The van der Waals surface area contributed by atoms with Gasteiger partial charge in [-0.05, 0) is 61.1 Å². The van der Waals surface area contributed by atoms with Crippen LogP contribution in [-0.4, -0.2) is 29.8 Å². The zero-order chi connectivity index (χ0) is 20.3. The molecule has 1 heterocycles. The highest BCUT2D eigenvalue weighted by molar-refractivity contribution is 6.30. The molecule has 2 aromatic carbocycles. The molecule has 2 aromatic rings. The van der Waals surface area contributed by atoms with E-state index in [1.165, 1.54) is 0 Å². The minimum atomic E-state index is -0.204. The van der Waals surface area contributed by atoms with Crippen LogP contribution in [0.2, 0.25) is 5.02 Å². The van der Waals surface area contributed by atoms with Gasteiger partial charge in [-0.2, -0.15) is 0 Å². The van der Waals surface area contributed by atoms with Crippen molar-refractivity contribution < 1.29 is 9.59 Å². The molecule has 1 fully saturated rings.